The minimum absolute atomic E-state index is 0.618. The fraction of sp³-hybridized carbons (Fsp3) is 0.250. The maximum Gasteiger partial charge on any atom is 0.172 e. The Balaban J connectivity index is 2.51. The smallest absolute Gasteiger partial charge is 0.172 e. The van der Waals surface area contributed by atoms with Crippen molar-refractivity contribution in [2.45, 2.75) is 6.16 Å². The van der Waals surface area contributed by atoms with Gasteiger partial charge in [-0.3, -0.25) is 0 Å². The highest BCUT2D eigenvalue weighted by Gasteiger charge is 2.02. The standard InChI is InChI=1S/C8H11O2P/c1-10-11(9)7-8-5-3-2-4-6-8/h2-6,9H,7H2,1H3. The molecule has 0 aliphatic heterocycles. The predicted molar refractivity (Wildman–Crippen MR) is 46.3 cm³/mol. The second-order valence-corrected chi connectivity index (χ2v) is 3.56. The Bertz CT molecular complexity index is 201. The van der Waals surface area contributed by atoms with Gasteiger partial charge in [-0.2, -0.15) is 0 Å². The Morgan fingerprint density at radius 3 is 2.55 bits per heavy atom. The Morgan fingerprint density at radius 2 is 2.00 bits per heavy atom. The molecule has 0 heterocycles. The molecule has 0 spiro atoms. The van der Waals surface area contributed by atoms with Crippen LogP contribution >= 0.6 is 8.38 Å². The summed E-state index contributed by atoms with van der Waals surface area (Å²) in [6.07, 6.45) is 0.618. The molecule has 0 saturated heterocycles. The van der Waals surface area contributed by atoms with Crippen LogP contribution in [0.5, 0.6) is 0 Å². The number of benzene rings is 1. The van der Waals surface area contributed by atoms with Crippen molar-refractivity contribution in [2.75, 3.05) is 7.11 Å². The molecule has 60 valence electrons. The maximum absolute atomic E-state index is 9.15. The van der Waals surface area contributed by atoms with E-state index in [2.05, 4.69) is 0 Å². The molecule has 2 nitrogen and oxygen atoms in total. The van der Waals surface area contributed by atoms with E-state index in [1.54, 1.807) is 0 Å². The van der Waals surface area contributed by atoms with Gasteiger partial charge in [0.05, 0.1) is 0 Å². The first-order valence-electron chi connectivity index (χ1n) is 3.37. The van der Waals surface area contributed by atoms with Gasteiger partial charge in [0, 0.05) is 13.3 Å². The molecule has 0 saturated carbocycles. The molecule has 0 aliphatic carbocycles. The van der Waals surface area contributed by atoms with Crippen molar-refractivity contribution >= 4 is 8.38 Å². The van der Waals surface area contributed by atoms with E-state index in [0.717, 1.165) is 5.56 Å². The summed E-state index contributed by atoms with van der Waals surface area (Å²) in [7, 11) is 0.268. The Labute approximate surface area is 67.7 Å². The lowest BCUT2D eigenvalue weighted by Gasteiger charge is -2.05. The molecule has 11 heavy (non-hydrogen) atoms. The van der Waals surface area contributed by atoms with Crippen molar-refractivity contribution in [1.82, 2.24) is 0 Å². The van der Waals surface area contributed by atoms with Crippen molar-refractivity contribution in [3.05, 3.63) is 35.9 Å². The van der Waals surface area contributed by atoms with Gasteiger partial charge < -0.3 is 9.42 Å². The molecular formula is C8H11O2P. The maximum atomic E-state index is 9.15. The monoisotopic (exact) mass is 170 g/mol. The largest absolute Gasteiger partial charge is 0.350 e. The summed E-state index contributed by atoms with van der Waals surface area (Å²) >= 11 is 0. The lowest BCUT2D eigenvalue weighted by Crippen LogP contribution is -1.83. The predicted octanol–water partition coefficient (Wildman–Crippen LogP) is 2.14. The van der Waals surface area contributed by atoms with Crippen LogP contribution in [0.4, 0.5) is 0 Å². The van der Waals surface area contributed by atoms with E-state index in [1.165, 1.54) is 7.11 Å². The first-order chi connectivity index (χ1) is 5.33. The lowest BCUT2D eigenvalue weighted by molar-refractivity contribution is 0.389. The van der Waals surface area contributed by atoms with Crippen LogP contribution < -0.4 is 0 Å². The molecule has 1 unspecified atom stereocenters. The third kappa shape index (κ3) is 2.98. The highest BCUT2D eigenvalue weighted by molar-refractivity contribution is 7.45. The fourth-order valence-corrected chi connectivity index (χ4v) is 1.46. The summed E-state index contributed by atoms with van der Waals surface area (Å²) in [6, 6.07) is 9.81. The number of hydrogen-bond donors (Lipinski definition) is 1. The van der Waals surface area contributed by atoms with Crippen LogP contribution in [-0.2, 0) is 10.7 Å². The van der Waals surface area contributed by atoms with Gasteiger partial charge in [-0.05, 0) is 5.56 Å². The van der Waals surface area contributed by atoms with E-state index in [-0.39, 0.29) is 0 Å². The summed E-state index contributed by atoms with van der Waals surface area (Å²) in [6.45, 7) is 0. The van der Waals surface area contributed by atoms with E-state index in [1.807, 2.05) is 30.3 Å². The van der Waals surface area contributed by atoms with Gasteiger partial charge in [-0.1, -0.05) is 30.3 Å². The number of rotatable bonds is 3. The Hall–Kier alpha value is -0.430. The SMILES string of the molecule is COP(O)Cc1ccccc1. The molecule has 1 N–H and O–H groups in total. The Morgan fingerprint density at radius 1 is 1.36 bits per heavy atom. The summed E-state index contributed by atoms with van der Waals surface area (Å²) in [4.78, 5) is 9.15. The zero-order valence-corrected chi connectivity index (χ0v) is 7.29. The molecule has 1 aromatic carbocycles. The summed E-state index contributed by atoms with van der Waals surface area (Å²) in [5.74, 6) is 0. The van der Waals surface area contributed by atoms with Crippen LogP contribution in [0.3, 0.4) is 0 Å². The minimum atomic E-state index is -1.25. The molecular weight excluding hydrogens is 159 g/mol. The van der Waals surface area contributed by atoms with Gasteiger partial charge >= 0.3 is 0 Å². The quantitative estimate of drug-likeness (QED) is 0.704. The van der Waals surface area contributed by atoms with Gasteiger partial charge in [-0.15, -0.1) is 0 Å². The zero-order valence-electron chi connectivity index (χ0n) is 6.40. The van der Waals surface area contributed by atoms with Gasteiger partial charge in [0.1, 0.15) is 0 Å². The molecule has 0 fully saturated rings. The van der Waals surface area contributed by atoms with Crippen molar-refractivity contribution in [3.8, 4) is 0 Å². The second kappa shape index (κ2) is 4.45. The second-order valence-electron chi connectivity index (χ2n) is 2.18. The molecule has 0 radical (unpaired) electrons. The van der Waals surface area contributed by atoms with E-state index in [4.69, 9.17) is 9.42 Å². The first kappa shape index (κ1) is 8.66. The van der Waals surface area contributed by atoms with Crippen LogP contribution in [0.2, 0.25) is 0 Å². The van der Waals surface area contributed by atoms with E-state index in [9.17, 15) is 0 Å². The van der Waals surface area contributed by atoms with Gasteiger partial charge in [0.2, 0.25) is 0 Å². The van der Waals surface area contributed by atoms with Crippen LogP contribution in [0.25, 0.3) is 0 Å². The van der Waals surface area contributed by atoms with Crippen LogP contribution in [-0.4, -0.2) is 12.0 Å². The van der Waals surface area contributed by atoms with Crippen LogP contribution in [0.1, 0.15) is 5.56 Å². The summed E-state index contributed by atoms with van der Waals surface area (Å²) in [5.41, 5.74) is 1.11. The van der Waals surface area contributed by atoms with Crippen LogP contribution in [0.15, 0.2) is 30.3 Å². The summed E-state index contributed by atoms with van der Waals surface area (Å²) < 4.78 is 4.77. The molecule has 3 heteroatoms. The van der Waals surface area contributed by atoms with E-state index in [0.29, 0.717) is 6.16 Å². The topological polar surface area (TPSA) is 29.5 Å². The Kier molecular flexibility index (Phi) is 3.50. The molecule has 1 rings (SSSR count). The summed E-state index contributed by atoms with van der Waals surface area (Å²) in [5, 5.41) is 0. The molecule has 0 aliphatic rings. The highest BCUT2D eigenvalue weighted by atomic mass is 31.2. The van der Waals surface area contributed by atoms with Crippen molar-refractivity contribution in [3.63, 3.8) is 0 Å². The van der Waals surface area contributed by atoms with Gasteiger partial charge in [-0.25, -0.2) is 0 Å². The average molecular weight is 170 g/mol. The third-order valence-electron chi connectivity index (χ3n) is 1.37. The molecule has 0 aromatic heterocycles. The van der Waals surface area contributed by atoms with E-state index >= 15 is 0 Å². The first-order valence-corrected chi connectivity index (χ1v) is 4.77. The zero-order chi connectivity index (χ0) is 8.10. The van der Waals surface area contributed by atoms with Crippen molar-refractivity contribution < 1.29 is 9.42 Å². The molecule has 0 bridgehead atoms. The van der Waals surface area contributed by atoms with E-state index < -0.39 is 8.38 Å². The number of hydrogen-bond acceptors (Lipinski definition) is 2. The third-order valence-corrected chi connectivity index (χ3v) is 2.43. The normalized spacial score (nSPS) is 12.9. The highest BCUT2D eigenvalue weighted by Crippen LogP contribution is 2.34. The molecule has 1 aromatic rings. The van der Waals surface area contributed by atoms with Gasteiger partial charge in [0.15, 0.2) is 8.38 Å². The lowest BCUT2D eigenvalue weighted by atomic mass is 10.2. The molecule has 0 amide bonds. The molecule has 1 atom stereocenters. The van der Waals surface area contributed by atoms with Crippen molar-refractivity contribution in [2.24, 2.45) is 0 Å². The fourth-order valence-electron chi connectivity index (χ4n) is 0.804. The van der Waals surface area contributed by atoms with Crippen molar-refractivity contribution in [1.29, 1.82) is 0 Å². The average Bonchev–Trinajstić information content (AvgIpc) is 2.06. The van der Waals surface area contributed by atoms with Crippen LogP contribution in [0, 0.1) is 0 Å². The van der Waals surface area contributed by atoms with Gasteiger partial charge in [0.25, 0.3) is 0 Å². The minimum Gasteiger partial charge on any atom is -0.350 e.